The highest BCUT2D eigenvalue weighted by Gasteiger charge is 2.13. The molecule has 0 saturated carbocycles. The fourth-order valence-electron chi connectivity index (χ4n) is 1.97. The van der Waals surface area contributed by atoms with E-state index in [2.05, 4.69) is 5.32 Å². The predicted molar refractivity (Wildman–Crippen MR) is 89.7 cm³/mol. The van der Waals surface area contributed by atoms with Crippen molar-refractivity contribution in [2.45, 2.75) is 13.0 Å². The monoisotopic (exact) mass is 351 g/mol. The maximum atomic E-state index is 11.9. The minimum atomic E-state index is -0.599. The summed E-state index contributed by atoms with van der Waals surface area (Å²) >= 11 is 11.7. The molecule has 6 heteroatoms. The number of esters is 1. The van der Waals surface area contributed by atoms with E-state index in [4.69, 9.17) is 27.9 Å². The predicted octanol–water partition coefficient (Wildman–Crippen LogP) is 4.03. The third-order valence-corrected chi connectivity index (χ3v) is 3.59. The third-order valence-electron chi connectivity index (χ3n) is 3.12. The van der Waals surface area contributed by atoms with Gasteiger partial charge in [0.1, 0.15) is 0 Å². The highest BCUT2D eigenvalue weighted by molar-refractivity contribution is 6.31. The number of ether oxygens (including phenoxy) is 1. The first-order valence-electron chi connectivity index (χ1n) is 6.93. The molecule has 120 valence electrons. The summed E-state index contributed by atoms with van der Waals surface area (Å²) in [6, 6.07) is 13.3. The van der Waals surface area contributed by atoms with Gasteiger partial charge in [0.05, 0.1) is 11.6 Å². The van der Waals surface area contributed by atoms with Crippen molar-refractivity contribution in [1.29, 1.82) is 0 Å². The van der Waals surface area contributed by atoms with Gasteiger partial charge < -0.3 is 10.1 Å². The van der Waals surface area contributed by atoms with E-state index in [1.165, 1.54) is 6.07 Å². The molecule has 2 aromatic carbocycles. The van der Waals surface area contributed by atoms with Crippen molar-refractivity contribution in [2.75, 3.05) is 6.61 Å². The topological polar surface area (TPSA) is 55.4 Å². The van der Waals surface area contributed by atoms with Crippen LogP contribution in [-0.2, 0) is 9.53 Å². The van der Waals surface area contributed by atoms with Gasteiger partial charge in [0.25, 0.3) is 5.91 Å². The van der Waals surface area contributed by atoms with Crippen LogP contribution in [0.5, 0.6) is 0 Å². The van der Waals surface area contributed by atoms with Crippen molar-refractivity contribution in [2.24, 2.45) is 0 Å². The van der Waals surface area contributed by atoms with Crippen LogP contribution in [0.1, 0.15) is 28.9 Å². The standard InChI is InChI=1S/C17H15Cl2NO3/c1-11(12-4-2-6-14(18)8-12)20-16(21)10-23-17(22)13-5-3-7-15(19)9-13/h2-9,11H,10H2,1H3,(H,20,21)/t11-/m0/s1. The average molecular weight is 352 g/mol. The molecular weight excluding hydrogens is 337 g/mol. The summed E-state index contributed by atoms with van der Waals surface area (Å²) in [6.45, 7) is 1.46. The van der Waals surface area contributed by atoms with Crippen LogP contribution in [0.3, 0.4) is 0 Å². The van der Waals surface area contributed by atoms with Crippen LogP contribution < -0.4 is 5.32 Å². The van der Waals surface area contributed by atoms with Gasteiger partial charge in [-0.15, -0.1) is 0 Å². The molecule has 2 aromatic rings. The van der Waals surface area contributed by atoms with E-state index in [1.54, 1.807) is 36.4 Å². The Bertz CT molecular complexity index is 718. The smallest absolute Gasteiger partial charge is 0.338 e. The molecule has 1 amide bonds. The summed E-state index contributed by atoms with van der Waals surface area (Å²) in [4.78, 5) is 23.7. The van der Waals surface area contributed by atoms with Gasteiger partial charge in [-0.2, -0.15) is 0 Å². The molecule has 0 unspecified atom stereocenters. The molecule has 1 atom stereocenters. The zero-order chi connectivity index (χ0) is 16.8. The molecule has 0 aliphatic carbocycles. The number of halogens is 2. The van der Waals surface area contributed by atoms with Crippen LogP contribution in [0, 0.1) is 0 Å². The molecule has 0 aliphatic rings. The highest BCUT2D eigenvalue weighted by atomic mass is 35.5. The Balaban J connectivity index is 1.86. The SMILES string of the molecule is C[C@H](NC(=O)COC(=O)c1cccc(Cl)c1)c1cccc(Cl)c1. The van der Waals surface area contributed by atoms with Crippen LogP contribution in [0.25, 0.3) is 0 Å². The molecule has 0 saturated heterocycles. The largest absolute Gasteiger partial charge is 0.452 e. The van der Waals surface area contributed by atoms with E-state index in [0.29, 0.717) is 15.6 Å². The Hall–Kier alpha value is -2.04. The second-order valence-corrected chi connectivity index (χ2v) is 5.80. The number of nitrogens with one attached hydrogen (secondary N) is 1. The number of carbonyl (C=O) groups excluding carboxylic acids is 2. The Morgan fingerprint density at radius 3 is 2.39 bits per heavy atom. The molecular formula is C17H15Cl2NO3. The lowest BCUT2D eigenvalue weighted by atomic mass is 10.1. The highest BCUT2D eigenvalue weighted by Crippen LogP contribution is 2.17. The van der Waals surface area contributed by atoms with Gasteiger partial charge in [0.15, 0.2) is 6.61 Å². The second-order valence-electron chi connectivity index (χ2n) is 4.93. The fraction of sp³-hybridized carbons (Fsp3) is 0.176. The lowest BCUT2D eigenvalue weighted by molar-refractivity contribution is -0.124. The van der Waals surface area contributed by atoms with E-state index in [9.17, 15) is 9.59 Å². The van der Waals surface area contributed by atoms with Gasteiger partial charge in [0.2, 0.25) is 0 Å². The van der Waals surface area contributed by atoms with Crippen molar-refractivity contribution >= 4 is 35.1 Å². The molecule has 0 aromatic heterocycles. The number of hydrogen-bond donors (Lipinski definition) is 1. The molecule has 23 heavy (non-hydrogen) atoms. The minimum absolute atomic E-state index is 0.244. The zero-order valence-electron chi connectivity index (χ0n) is 12.4. The van der Waals surface area contributed by atoms with Crippen LogP contribution in [-0.4, -0.2) is 18.5 Å². The van der Waals surface area contributed by atoms with Crippen molar-refractivity contribution in [3.63, 3.8) is 0 Å². The minimum Gasteiger partial charge on any atom is -0.452 e. The van der Waals surface area contributed by atoms with Crippen molar-refractivity contribution in [3.05, 3.63) is 69.7 Å². The van der Waals surface area contributed by atoms with Crippen molar-refractivity contribution in [1.82, 2.24) is 5.32 Å². The Morgan fingerprint density at radius 2 is 1.74 bits per heavy atom. The summed E-state index contributed by atoms with van der Waals surface area (Å²) in [5.41, 5.74) is 1.17. The normalized spacial score (nSPS) is 11.6. The Labute approximate surface area is 144 Å². The van der Waals surface area contributed by atoms with Gasteiger partial charge in [0, 0.05) is 10.0 Å². The first-order chi connectivity index (χ1) is 11.0. The maximum absolute atomic E-state index is 11.9. The molecule has 0 radical (unpaired) electrons. The molecule has 2 rings (SSSR count). The number of carbonyl (C=O) groups is 2. The number of amides is 1. The van der Waals surface area contributed by atoms with Crippen LogP contribution >= 0.6 is 23.2 Å². The second kappa shape index (κ2) is 7.99. The van der Waals surface area contributed by atoms with E-state index < -0.39 is 11.9 Å². The number of benzene rings is 2. The van der Waals surface area contributed by atoms with E-state index in [1.807, 2.05) is 13.0 Å². The van der Waals surface area contributed by atoms with E-state index >= 15 is 0 Å². The quantitative estimate of drug-likeness (QED) is 0.827. The molecule has 0 aliphatic heterocycles. The molecule has 0 fully saturated rings. The zero-order valence-corrected chi connectivity index (χ0v) is 13.9. The summed E-state index contributed by atoms with van der Waals surface area (Å²) < 4.78 is 4.97. The van der Waals surface area contributed by atoms with E-state index in [0.717, 1.165) is 5.56 Å². The van der Waals surface area contributed by atoms with Gasteiger partial charge in [-0.05, 0) is 42.8 Å². The summed E-state index contributed by atoms with van der Waals surface area (Å²) in [5.74, 6) is -0.995. The fourth-order valence-corrected chi connectivity index (χ4v) is 2.36. The third kappa shape index (κ3) is 5.27. The van der Waals surface area contributed by atoms with Crippen LogP contribution in [0.2, 0.25) is 10.0 Å². The van der Waals surface area contributed by atoms with Gasteiger partial charge in [-0.3, -0.25) is 4.79 Å². The molecule has 0 heterocycles. The Kier molecular flexibility index (Phi) is 6.02. The maximum Gasteiger partial charge on any atom is 0.338 e. The summed E-state index contributed by atoms with van der Waals surface area (Å²) in [7, 11) is 0. The van der Waals surface area contributed by atoms with Gasteiger partial charge in [-0.25, -0.2) is 4.79 Å². The van der Waals surface area contributed by atoms with Gasteiger partial charge >= 0.3 is 5.97 Å². The van der Waals surface area contributed by atoms with Crippen LogP contribution in [0.4, 0.5) is 0 Å². The van der Waals surface area contributed by atoms with Crippen molar-refractivity contribution in [3.8, 4) is 0 Å². The number of rotatable bonds is 5. The molecule has 1 N–H and O–H groups in total. The lowest BCUT2D eigenvalue weighted by Crippen LogP contribution is -2.31. The average Bonchev–Trinajstić information content (AvgIpc) is 2.52. The van der Waals surface area contributed by atoms with E-state index in [-0.39, 0.29) is 12.6 Å². The van der Waals surface area contributed by atoms with Crippen molar-refractivity contribution < 1.29 is 14.3 Å². The summed E-state index contributed by atoms with van der Waals surface area (Å²) in [6.07, 6.45) is 0. The number of hydrogen-bond acceptors (Lipinski definition) is 3. The van der Waals surface area contributed by atoms with Crippen LogP contribution in [0.15, 0.2) is 48.5 Å². The molecule has 0 bridgehead atoms. The molecule has 0 spiro atoms. The first kappa shape index (κ1) is 17.3. The first-order valence-corrected chi connectivity index (χ1v) is 7.69. The van der Waals surface area contributed by atoms with Gasteiger partial charge in [-0.1, -0.05) is 41.4 Å². The summed E-state index contributed by atoms with van der Waals surface area (Å²) in [5, 5.41) is 3.76. The Morgan fingerprint density at radius 1 is 1.09 bits per heavy atom. The lowest BCUT2D eigenvalue weighted by Gasteiger charge is -2.14. The molecule has 4 nitrogen and oxygen atoms in total.